The lowest BCUT2D eigenvalue weighted by Gasteiger charge is -2.55. The van der Waals surface area contributed by atoms with Crippen molar-refractivity contribution in [3.63, 3.8) is 0 Å². The minimum absolute atomic E-state index is 0.856. The van der Waals surface area contributed by atoms with Gasteiger partial charge < -0.3 is 18.4 Å². The molecule has 0 aromatic heterocycles. The number of rotatable bonds is 8. The van der Waals surface area contributed by atoms with E-state index in [0.29, 0.717) is 0 Å². The first-order valence-electron chi connectivity index (χ1n) is 7.60. The predicted octanol–water partition coefficient (Wildman–Crippen LogP) is 0.720. The van der Waals surface area contributed by atoms with E-state index in [0.717, 1.165) is 26.4 Å². The summed E-state index contributed by atoms with van der Waals surface area (Å²) in [6, 6.07) is 0. The zero-order chi connectivity index (χ0) is 12.9. The number of hydrogen-bond acceptors (Lipinski definition) is 2. The summed E-state index contributed by atoms with van der Waals surface area (Å²) in [5.41, 5.74) is 0. The Bertz CT molecular complexity index is 208. The van der Waals surface area contributed by atoms with Crippen molar-refractivity contribution in [3.8, 4) is 0 Å². The SMILES string of the molecule is CCOCC[N+]12CC[N+](CCOCC)(CC1)CC2. The highest BCUT2D eigenvalue weighted by molar-refractivity contribution is 4.62. The van der Waals surface area contributed by atoms with Crippen LogP contribution in [0.25, 0.3) is 0 Å². The molecule has 4 nitrogen and oxygen atoms in total. The molecule has 0 spiro atoms. The summed E-state index contributed by atoms with van der Waals surface area (Å²) < 4.78 is 13.7. The smallest absolute Gasteiger partial charge is 0.129 e. The molecule has 106 valence electrons. The van der Waals surface area contributed by atoms with Gasteiger partial charge in [-0.05, 0) is 13.8 Å². The second kappa shape index (κ2) is 6.33. The Morgan fingerprint density at radius 1 is 0.667 bits per heavy atom. The number of nitrogens with zero attached hydrogens (tertiary/aromatic N) is 2. The van der Waals surface area contributed by atoms with Crippen LogP contribution in [0.5, 0.6) is 0 Å². The third-order valence-electron chi connectivity index (χ3n) is 4.97. The number of hydrogen-bond donors (Lipinski definition) is 0. The Morgan fingerprint density at radius 2 is 1.00 bits per heavy atom. The highest BCUT2D eigenvalue weighted by Gasteiger charge is 2.48. The molecule has 2 bridgehead atoms. The summed E-state index contributed by atoms with van der Waals surface area (Å²) in [6.45, 7) is 18.3. The van der Waals surface area contributed by atoms with Crippen LogP contribution < -0.4 is 0 Å². The van der Waals surface area contributed by atoms with Gasteiger partial charge in [0.05, 0.1) is 13.2 Å². The topological polar surface area (TPSA) is 18.5 Å². The lowest BCUT2D eigenvalue weighted by molar-refractivity contribution is -1.08. The Kier molecular flexibility index (Phi) is 5.01. The predicted molar refractivity (Wildman–Crippen MR) is 72.4 cm³/mol. The maximum Gasteiger partial charge on any atom is 0.129 e. The van der Waals surface area contributed by atoms with Crippen LogP contribution in [0.15, 0.2) is 0 Å². The number of ether oxygens (including phenoxy) is 2. The lowest BCUT2D eigenvalue weighted by Crippen LogP contribution is -2.75. The molecule has 3 aliphatic heterocycles. The molecule has 0 amide bonds. The molecule has 0 saturated carbocycles. The van der Waals surface area contributed by atoms with Crippen molar-refractivity contribution >= 4 is 0 Å². The van der Waals surface area contributed by atoms with Gasteiger partial charge in [-0.15, -0.1) is 0 Å². The summed E-state index contributed by atoms with van der Waals surface area (Å²) in [6.07, 6.45) is 0. The average molecular weight is 258 g/mol. The monoisotopic (exact) mass is 258 g/mol. The van der Waals surface area contributed by atoms with E-state index in [1.54, 1.807) is 0 Å². The molecule has 3 fully saturated rings. The minimum atomic E-state index is 0.856. The second-order valence-electron chi connectivity index (χ2n) is 5.87. The molecule has 0 aromatic carbocycles. The van der Waals surface area contributed by atoms with Crippen LogP contribution in [0.1, 0.15) is 13.8 Å². The third-order valence-corrected chi connectivity index (χ3v) is 4.97. The van der Waals surface area contributed by atoms with Gasteiger partial charge in [0.15, 0.2) is 0 Å². The summed E-state index contributed by atoms with van der Waals surface area (Å²) >= 11 is 0. The van der Waals surface area contributed by atoms with Crippen molar-refractivity contribution in [1.29, 1.82) is 0 Å². The Balaban J connectivity index is 1.78. The normalized spacial score (nSPS) is 35.0. The first-order valence-corrected chi connectivity index (χ1v) is 7.60. The average Bonchev–Trinajstić information content (AvgIpc) is 2.42. The van der Waals surface area contributed by atoms with Crippen LogP contribution in [-0.2, 0) is 9.47 Å². The van der Waals surface area contributed by atoms with Crippen LogP contribution in [0.4, 0.5) is 0 Å². The molecule has 0 N–H and O–H groups in total. The van der Waals surface area contributed by atoms with Crippen molar-refractivity contribution < 1.29 is 18.4 Å². The van der Waals surface area contributed by atoms with Gasteiger partial charge in [0.2, 0.25) is 0 Å². The number of piperazine rings is 3. The van der Waals surface area contributed by atoms with Crippen molar-refractivity contribution in [3.05, 3.63) is 0 Å². The third kappa shape index (κ3) is 3.23. The number of quaternary nitrogens is 2. The van der Waals surface area contributed by atoms with Gasteiger partial charge in [-0.2, -0.15) is 0 Å². The first kappa shape index (κ1) is 14.3. The van der Waals surface area contributed by atoms with E-state index in [9.17, 15) is 0 Å². The maximum absolute atomic E-state index is 5.54. The van der Waals surface area contributed by atoms with E-state index < -0.39 is 0 Å². The molecule has 0 atom stereocenters. The minimum Gasteiger partial charge on any atom is -0.376 e. The first-order chi connectivity index (χ1) is 8.74. The van der Waals surface area contributed by atoms with Crippen LogP contribution in [0.3, 0.4) is 0 Å². The molecule has 3 rings (SSSR count). The highest BCUT2D eigenvalue weighted by Crippen LogP contribution is 2.26. The van der Waals surface area contributed by atoms with Gasteiger partial charge in [-0.25, -0.2) is 0 Å². The molecule has 3 heterocycles. The van der Waals surface area contributed by atoms with Crippen molar-refractivity contribution in [1.82, 2.24) is 0 Å². The maximum atomic E-state index is 5.54. The van der Waals surface area contributed by atoms with Gasteiger partial charge in [-0.3, -0.25) is 0 Å². The van der Waals surface area contributed by atoms with E-state index in [1.807, 2.05) is 0 Å². The highest BCUT2D eigenvalue weighted by atomic mass is 16.5. The standard InChI is InChI=1S/C14H30N2O2/c1-3-17-13-11-15-5-8-16(9-6-15,10-7-15)12-14-18-4-2/h3-14H2,1-2H3/q+2. The van der Waals surface area contributed by atoms with Crippen LogP contribution in [0, 0.1) is 0 Å². The molecule has 0 unspecified atom stereocenters. The zero-order valence-electron chi connectivity index (χ0n) is 12.2. The summed E-state index contributed by atoms with van der Waals surface area (Å²) in [5, 5.41) is 0. The largest absolute Gasteiger partial charge is 0.376 e. The van der Waals surface area contributed by atoms with Crippen molar-refractivity contribution in [2.24, 2.45) is 0 Å². The van der Waals surface area contributed by atoms with Crippen molar-refractivity contribution in [2.45, 2.75) is 13.8 Å². The molecule has 0 radical (unpaired) electrons. The van der Waals surface area contributed by atoms with Crippen molar-refractivity contribution in [2.75, 3.05) is 78.8 Å². The van der Waals surface area contributed by atoms with E-state index in [4.69, 9.17) is 9.47 Å². The van der Waals surface area contributed by atoms with Crippen LogP contribution >= 0.6 is 0 Å². The molecule has 0 aliphatic carbocycles. The molecule has 3 aliphatic rings. The quantitative estimate of drug-likeness (QED) is 0.472. The fourth-order valence-corrected chi connectivity index (χ4v) is 3.42. The summed E-state index contributed by atoms with van der Waals surface area (Å²) in [5.74, 6) is 0. The number of fused-ring (bicyclic) bond motifs is 3. The van der Waals surface area contributed by atoms with E-state index in [-0.39, 0.29) is 0 Å². The Labute approximate surface area is 112 Å². The fraction of sp³-hybridized carbons (Fsp3) is 1.00. The van der Waals surface area contributed by atoms with E-state index >= 15 is 0 Å². The van der Waals surface area contributed by atoms with Gasteiger partial charge >= 0.3 is 0 Å². The summed E-state index contributed by atoms with van der Waals surface area (Å²) in [4.78, 5) is 0. The summed E-state index contributed by atoms with van der Waals surface area (Å²) in [7, 11) is 0. The van der Waals surface area contributed by atoms with Gasteiger partial charge in [-0.1, -0.05) is 0 Å². The molecule has 4 heteroatoms. The van der Waals surface area contributed by atoms with Gasteiger partial charge in [0, 0.05) is 13.2 Å². The van der Waals surface area contributed by atoms with Gasteiger partial charge in [0.25, 0.3) is 0 Å². The molecule has 0 aromatic rings. The van der Waals surface area contributed by atoms with Crippen LogP contribution in [-0.4, -0.2) is 87.8 Å². The van der Waals surface area contributed by atoms with Crippen LogP contribution in [0.2, 0.25) is 0 Å². The van der Waals surface area contributed by atoms with E-state index in [2.05, 4.69) is 13.8 Å². The molecular formula is C14H30N2O2+2. The lowest BCUT2D eigenvalue weighted by atomic mass is 10.1. The fourth-order valence-electron chi connectivity index (χ4n) is 3.42. The Morgan fingerprint density at radius 3 is 1.28 bits per heavy atom. The Hall–Kier alpha value is -0.160. The van der Waals surface area contributed by atoms with Gasteiger partial charge in [0.1, 0.15) is 52.4 Å². The van der Waals surface area contributed by atoms with E-state index in [1.165, 1.54) is 61.3 Å². The molecule has 3 saturated heterocycles. The second-order valence-corrected chi connectivity index (χ2v) is 5.87. The zero-order valence-corrected chi connectivity index (χ0v) is 12.2. The molecular weight excluding hydrogens is 228 g/mol. The molecule has 18 heavy (non-hydrogen) atoms.